The maximum absolute atomic E-state index is 11.8. The minimum Gasteiger partial charge on any atom is -0.328 e. The van der Waals surface area contributed by atoms with Crippen LogP contribution in [0.5, 0.6) is 0 Å². The Morgan fingerprint density at radius 3 is 2.94 bits per heavy atom. The molecule has 2 atom stereocenters. The molecule has 2 heterocycles. The van der Waals surface area contributed by atoms with E-state index in [9.17, 15) is 14.4 Å². The van der Waals surface area contributed by atoms with Crippen LogP contribution < -0.4 is 5.48 Å². The van der Waals surface area contributed by atoms with Crippen molar-refractivity contribution in [2.24, 2.45) is 5.92 Å². The first-order valence-electron chi connectivity index (χ1n) is 5.42. The number of rotatable bonds is 3. The van der Waals surface area contributed by atoms with Gasteiger partial charge in [0, 0.05) is 25.6 Å². The van der Waals surface area contributed by atoms with Crippen molar-refractivity contribution in [1.82, 2.24) is 10.4 Å². The van der Waals surface area contributed by atoms with Gasteiger partial charge in [-0.25, -0.2) is 5.48 Å². The van der Waals surface area contributed by atoms with Crippen molar-refractivity contribution in [3.05, 3.63) is 0 Å². The number of thioether (sulfide) groups is 1. The summed E-state index contributed by atoms with van der Waals surface area (Å²) in [4.78, 5) is 40.4. The average Bonchev–Trinajstić information content (AvgIpc) is 2.81. The maximum Gasteiger partial charge on any atom is 0.268 e. The molecule has 17 heavy (non-hydrogen) atoms. The Bertz CT molecular complexity index is 360. The number of carbonyl (C=O) groups excluding carboxylic acids is 3. The first kappa shape index (κ1) is 12.4. The van der Waals surface area contributed by atoms with Gasteiger partial charge in [-0.3, -0.25) is 19.2 Å². The zero-order valence-electron chi connectivity index (χ0n) is 9.47. The molecule has 1 N–H and O–H groups in total. The molecule has 0 aromatic carbocycles. The van der Waals surface area contributed by atoms with Gasteiger partial charge >= 0.3 is 0 Å². The van der Waals surface area contributed by atoms with Crippen LogP contribution in [0.25, 0.3) is 0 Å². The Morgan fingerprint density at radius 1 is 1.59 bits per heavy atom. The zero-order valence-corrected chi connectivity index (χ0v) is 10.3. The Hall–Kier alpha value is -1.08. The van der Waals surface area contributed by atoms with E-state index in [2.05, 4.69) is 5.48 Å². The van der Waals surface area contributed by atoms with Gasteiger partial charge in [-0.2, -0.15) is 0 Å². The maximum atomic E-state index is 11.8. The highest BCUT2D eigenvalue weighted by atomic mass is 32.2. The van der Waals surface area contributed by atoms with Crippen LogP contribution in [-0.2, 0) is 19.2 Å². The quantitative estimate of drug-likeness (QED) is 0.741. The number of likely N-dealkylation sites (tertiary alicyclic amines) is 1. The Morgan fingerprint density at radius 2 is 2.35 bits per heavy atom. The van der Waals surface area contributed by atoms with E-state index in [1.54, 1.807) is 4.90 Å². The molecule has 2 saturated heterocycles. The molecule has 0 saturated carbocycles. The molecule has 0 spiro atoms. The minimum atomic E-state index is -0.505. The smallest absolute Gasteiger partial charge is 0.268 e. The summed E-state index contributed by atoms with van der Waals surface area (Å²) in [6.07, 6.45) is 0.407. The van der Waals surface area contributed by atoms with Crippen molar-refractivity contribution < 1.29 is 19.2 Å². The van der Waals surface area contributed by atoms with Crippen LogP contribution >= 0.6 is 11.8 Å². The highest BCUT2D eigenvalue weighted by Gasteiger charge is 2.40. The van der Waals surface area contributed by atoms with Gasteiger partial charge in [0.05, 0.1) is 0 Å². The Labute approximate surface area is 103 Å². The lowest BCUT2D eigenvalue weighted by Crippen LogP contribution is -2.43. The molecule has 2 aliphatic heterocycles. The largest absolute Gasteiger partial charge is 0.328 e. The van der Waals surface area contributed by atoms with Crippen LogP contribution in [0.4, 0.5) is 0 Å². The van der Waals surface area contributed by atoms with Gasteiger partial charge in [-0.05, 0) is 5.92 Å². The predicted molar refractivity (Wildman–Crippen MR) is 60.8 cm³/mol. The highest BCUT2D eigenvalue weighted by molar-refractivity contribution is 8.13. The molecule has 2 aliphatic rings. The standard InChI is InChI=1S/C10H14N2O4S/c1-6(13)17-5-7-2-9(14)12(3-7)8-4-16-11-10(8)15/h7-8H,2-5H2,1H3,(H,11,15)/t7?,8-/m0/s1. The Balaban J connectivity index is 1.91. The average molecular weight is 258 g/mol. The van der Waals surface area contributed by atoms with Gasteiger partial charge in [0.15, 0.2) is 5.12 Å². The van der Waals surface area contributed by atoms with E-state index in [-0.39, 0.29) is 29.5 Å². The molecule has 2 fully saturated rings. The summed E-state index contributed by atoms with van der Waals surface area (Å²) < 4.78 is 0. The number of hydrogen-bond donors (Lipinski definition) is 1. The number of amides is 2. The van der Waals surface area contributed by atoms with Gasteiger partial charge in [-0.1, -0.05) is 11.8 Å². The lowest BCUT2D eigenvalue weighted by atomic mass is 10.1. The van der Waals surface area contributed by atoms with Crippen LogP contribution in [0.3, 0.4) is 0 Å². The van der Waals surface area contributed by atoms with Crippen molar-refractivity contribution in [3.8, 4) is 0 Å². The first-order chi connectivity index (χ1) is 8.08. The third-order valence-electron chi connectivity index (χ3n) is 2.85. The van der Waals surface area contributed by atoms with Crippen LogP contribution in [0.2, 0.25) is 0 Å². The van der Waals surface area contributed by atoms with Crippen LogP contribution in [0.1, 0.15) is 13.3 Å². The van der Waals surface area contributed by atoms with Crippen LogP contribution in [-0.4, -0.2) is 46.8 Å². The molecular weight excluding hydrogens is 244 g/mol. The summed E-state index contributed by atoms with van der Waals surface area (Å²) in [5, 5.41) is 0.0536. The second-order valence-corrected chi connectivity index (χ2v) is 5.41. The van der Waals surface area contributed by atoms with Crippen molar-refractivity contribution >= 4 is 28.7 Å². The molecule has 2 amide bonds. The van der Waals surface area contributed by atoms with Gasteiger partial charge < -0.3 is 4.90 Å². The zero-order chi connectivity index (χ0) is 12.4. The molecule has 2 rings (SSSR count). The summed E-state index contributed by atoms with van der Waals surface area (Å²) in [6.45, 7) is 2.25. The number of nitrogens with one attached hydrogen (secondary N) is 1. The Kier molecular flexibility index (Phi) is 3.68. The lowest BCUT2D eigenvalue weighted by molar-refractivity contribution is -0.135. The van der Waals surface area contributed by atoms with Gasteiger partial charge in [0.25, 0.3) is 5.91 Å². The summed E-state index contributed by atoms with van der Waals surface area (Å²) in [6, 6.07) is -0.505. The van der Waals surface area contributed by atoms with Crippen LogP contribution in [0.15, 0.2) is 0 Å². The second kappa shape index (κ2) is 5.05. The molecule has 0 aliphatic carbocycles. The van der Waals surface area contributed by atoms with E-state index in [0.717, 1.165) is 0 Å². The molecule has 1 unspecified atom stereocenters. The van der Waals surface area contributed by atoms with E-state index < -0.39 is 6.04 Å². The summed E-state index contributed by atoms with van der Waals surface area (Å²) in [5.41, 5.74) is 2.24. The first-order valence-corrected chi connectivity index (χ1v) is 6.41. The molecule has 94 valence electrons. The molecule has 0 radical (unpaired) electrons. The lowest BCUT2D eigenvalue weighted by Gasteiger charge is -2.20. The van der Waals surface area contributed by atoms with Gasteiger partial charge in [0.2, 0.25) is 5.91 Å². The topological polar surface area (TPSA) is 75.7 Å². The van der Waals surface area contributed by atoms with E-state index in [0.29, 0.717) is 18.7 Å². The van der Waals surface area contributed by atoms with Crippen LogP contribution in [0, 0.1) is 5.92 Å². The molecule has 0 bridgehead atoms. The van der Waals surface area contributed by atoms with E-state index >= 15 is 0 Å². The molecule has 0 aromatic rings. The molecular formula is C10H14N2O4S. The third-order valence-corrected chi connectivity index (χ3v) is 3.90. The number of nitrogens with zero attached hydrogens (tertiary/aromatic N) is 1. The number of hydrogen-bond acceptors (Lipinski definition) is 5. The second-order valence-electron chi connectivity index (χ2n) is 4.21. The summed E-state index contributed by atoms with van der Waals surface area (Å²) >= 11 is 1.23. The fourth-order valence-electron chi connectivity index (χ4n) is 2.02. The monoisotopic (exact) mass is 258 g/mol. The third kappa shape index (κ3) is 2.78. The fourth-order valence-corrected chi connectivity index (χ4v) is 2.72. The fraction of sp³-hybridized carbons (Fsp3) is 0.700. The normalized spacial score (nSPS) is 28.6. The number of hydroxylamine groups is 1. The minimum absolute atomic E-state index is 0.0372. The molecule has 7 heteroatoms. The predicted octanol–water partition coefficient (Wildman–Crippen LogP) is -0.455. The highest BCUT2D eigenvalue weighted by Crippen LogP contribution is 2.25. The molecule has 0 aromatic heterocycles. The summed E-state index contributed by atoms with van der Waals surface area (Å²) in [7, 11) is 0. The van der Waals surface area contributed by atoms with Crippen molar-refractivity contribution in [2.75, 3.05) is 18.9 Å². The van der Waals surface area contributed by atoms with E-state index in [1.165, 1.54) is 18.7 Å². The van der Waals surface area contributed by atoms with E-state index in [1.807, 2.05) is 0 Å². The summed E-state index contributed by atoms with van der Waals surface area (Å²) in [5.74, 6) is 0.472. The van der Waals surface area contributed by atoms with Gasteiger partial charge in [-0.15, -0.1) is 0 Å². The SMILES string of the molecule is CC(=O)SCC1CC(=O)N([C@H]2CONC2=O)C1. The van der Waals surface area contributed by atoms with Crippen molar-refractivity contribution in [2.45, 2.75) is 19.4 Å². The van der Waals surface area contributed by atoms with Crippen molar-refractivity contribution in [3.63, 3.8) is 0 Å². The molecule has 6 nitrogen and oxygen atoms in total. The van der Waals surface area contributed by atoms with Gasteiger partial charge in [0.1, 0.15) is 12.6 Å². The number of carbonyl (C=O) groups is 3. The van der Waals surface area contributed by atoms with Crippen molar-refractivity contribution in [1.29, 1.82) is 0 Å². The van der Waals surface area contributed by atoms with E-state index in [4.69, 9.17) is 4.84 Å².